The van der Waals surface area contributed by atoms with Crippen molar-refractivity contribution in [2.24, 2.45) is 7.05 Å². The topological polar surface area (TPSA) is 59.4 Å². The maximum Gasteiger partial charge on any atom is 0.573 e. The minimum atomic E-state index is -4.75. The van der Waals surface area contributed by atoms with Gasteiger partial charge >= 0.3 is 6.36 Å². The zero-order valence-electron chi connectivity index (χ0n) is 14.4. The molecule has 0 spiro atoms. The van der Waals surface area contributed by atoms with Gasteiger partial charge in [0.25, 0.3) is 0 Å². The van der Waals surface area contributed by atoms with E-state index in [-0.39, 0.29) is 30.6 Å². The fourth-order valence-corrected chi connectivity index (χ4v) is 2.44. The number of carbonyl (C=O) groups excluding carboxylic acids is 1. The van der Waals surface area contributed by atoms with Crippen molar-refractivity contribution in [1.82, 2.24) is 20.0 Å². The first-order valence-electron chi connectivity index (χ1n) is 7.45. The predicted molar refractivity (Wildman–Crippen MR) is 91.9 cm³/mol. The Hall–Kier alpha value is -2.26. The van der Waals surface area contributed by atoms with Gasteiger partial charge in [-0.2, -0.15) is 5.10 Å². The summed E-state index contributed by atoms with van der Waals surface area (Å²) < 4.78 is 42.4. The van der Waals surface area contributed by atoms with Crippen LogP contribution in [0, 0.1) is 0 Å². The summed E-state index contributed by atoms with van der Waals surface area (Å²) in [7, 11) is 4.98. The van der Waals surface area contributed by atoms with Crippen LogP contribution in [-0.4, -0.2) is 41.0 Å². The van der Waals surface area contributed by atoms with Gasteiger partial charge in [0.05, 0.1) is 6.20 Å². The summed E-state index contributed by atoms with van der Waals surface area (Å²) in [6.07, 6.45) is -1.44. The molecule has 0 bridgehead atoms. The van der Waals surface area contributed by atoms with E-state index in [9.17, 15) is 18.0 Å². The Morgan fingerprint density at radius 3 is 2.65 bits per heavy atom. The summed E-state index contributed by atoms with van der Waals surface area (Å²) in [6.45, 7) is 0.145. The molecule has 0 aliphatic rings. The second-order valence-electron chi connectivity index (χ2n) is 5.56. The molecule has 0 saturated heterocycles. The van der Waals surface area contributed by atoms with Crippen LogP contribution in [0.15, 0.2) is 36.7 Å². The van der Waals surface area contributed by atoms with Crippen molar-refractivity contribution in [3.05, 3.63) is 47.8 Å². The minimum absolute atomic E-state index is 0. The molecule has 1 heterocycles. The van der Waals surface area contributed by atoms with Crippen molar-refractivity contribution < 1.29 is 22.7 Å². The van der Waals surface area contributed by atoms with E-state index >= 15 is 0 Å². The van der Waals surface area contributed by atoms with Gasteiger partial charge in [-0.05, 0) is 24.7 Å². The van der Waals surface area contributed by atoms with Gasteiger partial charge in [-0.15, -0.1) is 25.6 Å². The first-order chi connectivity index (χ1) is 11.7. The van der Waals surface area contributed by atoms with Gasteiger partial charge < -0.3 is 15.0 Å². The number of nitrogens with zero attached hydrogens (tertiary/aromatic N) is 3. The van der Waals surface area contributed by atoms with Crippen molar-refractivity contribution in [1.29, 1.82) is 0 Å². The maximum atomic E-state index is 12.6. The summed E-state index contributed by atoms with van der Waals surface area (Å²) >= 11 is 0. The molecule has 0 saturated carbocycles. The van der Waals surface area contributed by atoms with E-state index in [0.29, 0.717) is 11.1 Å². The Kier molecular flexibility index (Phi) is 7.46. The monoisotopic (exact) mass is 392 g/mol. The van der Waals surface area contributed by atoms with Gasteiger partial charge in [-0.1, -0.05) is 12.1 Å². The minimum Gasteiger partial charge on any atom is -0.406 e. The zero-order chi connectivity index (χ0) is 18.6. The third-order valence-electron chi connectivity index (χ3n) is 3.52. The lowest BCUT2D eigenvalue weighted by Crippen LogP contribution is -2.37. The van der Waals surface area contributed by atoms with Crippen molar-refractivity contribution in [3.8, 4) is 5.75 Å². The summed E-state index contributed by atoms with van der Waals surface area (Å²) in [5, 5.41) is 6.96. The first kappa shape index (κ1) is 21.8. The van der Waals surface area contributed by atoms with Crippen molar-refractivity contribution in [2.45, 2.75) is 18.9 Å². The molecule has 26 heavy (non-hydrogen) atoms. The smallest absolute Gasteiger partial charge is 0.406 e. The molecule has 2 aromatic rings. The van der Waals surface area contributed by atoms with Crippen LogP contribution in [0.1, 0.15) is 17.2 Å². The predicted octanol–water partition coefficient (Wildman–Crippen LogP) is 2.66. The molecular weight excluding hydrogens is 373 g/mol. The Morgan fingerprint density at radius 2 is 2.12 bits per heavy atom. The van der Waals surface area contributed by atoms with Gasteiger partial charge in [0, 0.05) is 32.4 Å². The molecule has 10 heteroatoms. The summed E-state index contributed by atoms with van der Waals surface area (Å²) in [6, 6.07) is 4.96. The number of amides is 1. The molecule has 144 valence electrons. The third-order valence-corrected chi connectivity index (χ3v) is 3.52. The van der Waals surface area contributed by atoms with E-state index in [1.54, 1.807) is 44.3 Å². The molecule has 0 aliphatic heterocycles. The molecule has 0 radical (unpaired) electrons. The number of benzene rings is 1. The highest BCUT2D eigenvalue weighted by atomic mass is 35.5. The highest BCUT2D eigenvalue weighted by molar-refractivity contribution is 5.85. The van der Waals surface area contributed by atoms with E-state index in [4.69, 9.17) is 0 Å². The van der Waals surface area contributed by atoms with Gasteiger partial charge in [0.1, 0.15) is 11.8 Å². The van der Waals surface area contributed by atoms with Crippen LogP contribution in [-0.2, 0) is 18.4 Å². The van der Waals surface area contributed by atoms with Crippen LogP contribution in [0.25, 0.3) is 0 Å². The molecule has 1 atom stereocenters. The first-order valence-corrected chi connectivity index (χ1v) is 7.45. The lowest BCUT2D eigenvalue weighted by molar-refractivity contribution is -0.274. The normalized spacial score (nSPS) is 12.2. The standard InChI is InChI=1S/C16H19F3N4O2.ClH/c1-20-14(12-8-21-23(3)10-12)15(24)22(2)9-11-5-4-6-13(7-11)25-16(17,18)19;/h4-8,10,14,20H,9H2,1-3H3;1H. The fourth-order valence-electron chi connectivity index (χ4n) is 2.44. The van der Waals surface area contributed by atoms with Crippen LogP contribution < -0.4 is 10.1 Å². The second kappa shape index (κ2) is 8.91. The Morgan fingerprint density at radius 1 is 1.42 bits per heavy atom. The molecule has 1 unspecified atom stereocenters. The van der Waals surface area contributed by atoms with Crippen LogP contribution in [0.5, 0.6) is 5.75 Å². The fraction of sp³-hybridized carbons (Fsp3) is 0.375. The van der Waals surface area contributed by atoms with E-state index in [0.717, 1.165) is 0 Å². The van der Waals surface area contributed by atoms with Crippen molar-refractivity contribution >= 4 is 18.3 Å². The molecule has 1 N–H and O–H groups in total. The Labute approximate surface area is 155 Å². The van der Waals surface area contributed by atoms with E-state index in [1.807, 2.05) is 0 Å². The number of hydrogen-bond donors (Lipinski definition) is 1. The van der Waals surface area contributed by atoms with E-state index in [2.05, 4.69) is 15.2 Å². The molecule has 2 rings (SSSR count). The second-order valence-corrected chi connectivity index (χ2v) is 5.56. The van der Waals surface area contributed by atoms with Gasteiger partial charge in [-0.25, -0.2) is 0 Å². The summed E-state index contributed by atoms with van der Waals surface area (Å²) in [5.74, 6) is -0.541. The molecule has 0 fully saturated rings. The van der Waals surface area contributed by atoms with Crippen LogP contribution in [0.4, 0.5) is 13.2 Å². The lowest BCUT2D eigenvalue weighted by Gasteiger charge is -2.23. The molecule has 1 amide bonds. The Balaban J connectivity index is 0.00000338. The number of rotatable bonds is 6. The molecule has 0 aliphatic carbocycles. The average molecular weight is 393 g/mol. The zero-order valence-corrected chi connectivity index (χ0v) is 15.3. The molecule has 6 nitrogen and oxygen atoms in total. The summed E-state index contributed by atoms with van der Waals surface area (Å²) in [4.78, 5) is 14.0. The summed E-state index contributed by atoms with van der Waals surface area (Å²) in [5.41, 5.74) is 1.23. The highest BCUT2D eigenvalue weighted by Gasteiger charge is 2.31. The number of aryl methyl sites for hydroxylation is 1. The van der Waals surface area contributed by atoms with Gasteiger partial charge in [0.15, 0.2) is 0 Å². The van der Waals surface area contributed by atoms with Gasteiger partial charge in [-0.3, -0.25) is 9.48 Å². The third kappa shape index (κ3) is 5.92. The molecule has 1 aromatic heterocycles. The lowest BCUT2D eigenvalue weighted by atomic mass is 10.1. The number of carbonyl (C=O) groups is 1. The largest absolute Gasteiger partial charge is 0.573 e. The van der Waals surface area contributed by atoms with Crippen LogP contribution in [0.3, 0.4) is 0 Å². The number of nitrogens with one attached hydrogen (secondary N) is 1. The van der Waals surface area contributed by atoms with E-state index < -0.39 is 12.4 Å². The average Bonchev–Trinajstić information content (AvgIpc) is 2.92. The van der Waals surface area contributed by atoms with Crippen molar-refractivity contribution in [2.75, 3.05) is 14.1 Å². The van der Waals surface area contributed by atoms with Gasteiger partial charge in [0.2, 0.25) is 5.91 Å². The highest BCUT2D eigenvalue weighted by Crippen LogP contribution is 2.24. The SMILES string of the molecule is CNC(C(=O)N(C)Cc1cccc(OC(F)(F)F)c1)c1cnn(C)c1.Cl. The number of hydrogen-bond acceptors (Lipinski definition) is 4. The number of likely N-dealkylation sites (N-methyl/N-ethyl adjacent to an activating group) is 2. The maximum absolute atomic E-state index is 12.6. The number of halogens is 4. The Bertz CT molecular complexity index is 736. The van der Waals surface area contributed by atoms with E-state index in [1.165, 1.54) is 23.1 Å². The number of ether oxygens (including phenoxy) is 1. The molecular formula is C16H20ClF3N4O2. The van der Waals surface area contributed by atoms with Crippen molar-refractivity contribution in [3.63, 3.8) is 0 Å². The van der Waals surface area contributed by atoms with Crippen LogP contribution >= 0.6 is 12.4 Å². The quantitative estimate of drug-likeness (QED) is 0.821. The van der Waals surface area contributed by atoms with Crippen LogP contribution in [0.2, 0.25) is 0 Å². The number of aromatic nitrogens is 2. The molecule has 1 aromatic carbocycles. The number of alkyl halides is 3.